The Hall–Kier alpha value is -3.57. The predicted octanol–water partition coefficient (Wildman–Crippen LogP) is 3.65. The Bertz CT molecular complexity index is 1820. The number of nitrogen functional groups attached to an aromatic ring is 1. The summed E-state index contributed by atoms with van der Waals surface area (Å²) in [4.78, 5) is 17.1. The number of esters is 1. The molecule has 7 rings (SSSR count). The molecule has 7 atom stereocenters. The van der Waals surface area contributed by atoms with Gasteiger partial charge in [0.1, 0.15) is 54.1 Å². The summed E-state index contributed by atoms with van der Waals surface area (Å²) in [7, 11) is -4.47. The number of ether oxygens (including phenoxy) is 2. The van der Waals surface area contributed by atoms with Crippen LogP contribution in [0.1, 0.15) is 77.5 Å². The van der Waals surface area contributed by atoms with Gasteiger partial charge in [-0.15, -0.1) is 0 Å². The van der Waals surface area contributed by atoms with Crippen molar-refractivity contribution in [2.75, 3.05) is 5.73 Å². The third-order valence-electron chi connectivity index (χ3n) is 10.4. The van der Waals surface area contributed by atoms with Gasteiger partial charge < -0.3 is 29.9 Å². The Morgan fingerprint density at radius 3 is 2.50 bits per heavy atom. The number of nitrogens with one attached hydrogen (secondary N) is 1. The summed E-state index contributed by atoms with van der Waals surface area (Å²) >= 11 is 0. The second-order valence-electron chi connectivity index (χ2n) is 14.8. The van der Waals surface area contributed by atoms with Crippen LogP contribution in [-0.2, 0) is 34.4 Å². The quantitative estimate of drug-likeness (QED) is 0.189. The van der Waals surface area contributed by atoms with Crippen LogP contribution in [0, 0.1) is 16.7 Å². The van der Waals surface area contributed by atoms with Crippen LogP contribution in [0.25, 0.3) is 5.52 Å². The van der Waals surface area contributed by atoms with Gasteiger partial charge in [-0.3, -0.25) is 9.32 Å². The molecule has 256 valence electrons. The van der Waals surface area contributed by atoms with Crippen molar-refractivity contribution in [2.24, 2.45) is 5.41 Å². The molecule has 1 saturated heterocycles. The smallest absolute Gasteiger partial charge is 0.459 e. The molecule has 5 N–H and O–H groups in total. The van der Waals surface area contributed by atoms with Crippen molar-refractivity contribution in [2.45, 2.75) is 113 Å². The standard InChI is InChI=1S/C33H41N6O8P/c1-19(28(40)44-22-15-31(16-22)13-5-6-14-31)38-48(43,46-21-9-7-20(8-10-21)30(2,3)4)47-26-25-33(26,42)29(41)32(17-34,45-25)24-12-11-23-27(35)36-18-37-39(23)24/h7-12,18-19,22,25-26,29,41-42H,5-6,13-16H2,1-4H3,(H,38,43)(H2,35,36,37). The van der Waals surface area contributed by atoms with Gasteiger partial charge in [-0.05, 0) is 73.3 Å². The van der Waals surface area contributed by atoms with E-state index in [1.54, 1.807) is 18.2 Å². The molecule has 3 aromatic rings. The highest BCUT2D eigenvalue weighted by molar-refractivity contribution is 7.52. The number of hydrogen-bond acceptors (Lipinski definition) is 12. The average Bonchev–Trinajstić information content (AvgIpc) is 3.49. The van der Waals surface area contributed by atoms with Crippen molar-refractivity contribution in [3.8, 4) is 11.8 Å². The summed E-state index contributed by atoms with van der Waals surface area (Å²) in [5.74, 6) is -0.284. The number of hydrogen-bond donors (Lipinski definition) is 4. The van der Waals surface area contributed by atoms with Crippen LogP contribution >= 0.6 is 7.75 Å². The van der Waals surface area contributed by atoms with Gasteiger partial charge in [0.15, 0.2) is 11.4 Å². The molecule has 4 fully saturated rings. The van der Waals surface area contributed by atoms with Gasteiger partial charge >= 0.3 is 13.7 Å². The zero-order valence-electron chi connectivity index (χ0n) is 27.3. The van der Waals surface area contributed by atoms with Crippen molar-refractivity contribution >= 4 is 25.1 Å². The van der Waals surface area contributed by atoms with E-state index in [-0.39, 0.29) is 34.2 Å². The number of nitrogens with two attached hydrogens (primary N) is 1. The van der Waals surface area contributed by atoms with Crippen molar-refractivity contribution in [3.63, 3.8) is 0 Å². The highest BCUT2D eigenvalue weighted by atomic mass is 31.2. The molecule has 3 heterocycles. The minimum atomic E-state index is -4.47. The molecule has 48 heavy (non-hydrogen) atoms. The molecule has 1 aromatic carbocycles. The maximum atomic E-state index is 14.4. The molecule has 4 aliphatic rings. The van der Waals surface area contributed by atoms with E-state index in [4.69, 9.17) is 24.3 Å². The molecule has 1 spiro atoms. The number of aliphatic hydroxyl groups excluding tert-OH is 1. The van der Waals surface area contributed by atoms with E-state index >= 15 is 0 Å². The number of fused-ring (bicyclic) bond motifs is 2. The van der Waals surface area contributed by atoms with Crippen molar-refractivity contribution in [1.82, 2.24) is 19.7 Å². The molecule has 2 aromatic heterocycles. The third-order valence-corrected chi connectivity index (χ3v) is 12.1. The maximum Gasteiger partial charge on any atom is 0.459 e. The molecule has 0 radical (unpaired) electrons. The number of aliphatic hydroxyl groups is 2. The van der Waals surface area contributed by atoms with Crippen molar-refractivity contribution in [1.29, 1.82) is 5.26 Å². The summed E-state index contributed by atoms with van der Waals surface area (Å²) in [6.07, 6.45) is 2.78. The van der Waals surface area contributed by atoms with Crippen LogP contribution < -0.4 is 15.3 Å². The maximum absolute atomic E-state index is 14.4. The first-order valence-corrected chi connectivity index (χ1v) is 17.8. The minimum Gasteiger partial charge on any atom is -0.461 e. The fourth-order valence-electron chi connectivity index (χ4n) is 7.57. The number of aromatic nitrogens is 3. The summed E-state index contributed by atoms with van der Waals surface area (Å²) in [6, 6.07) is 10.9. The summed E-state index contributed by atoms with van der Waals surface area (Å²) in [6.45, 7) is 7.66. The van der Waals surface area contributed by atoms with Crippen LogP contribution in [0.3, 0.4) is 0 Å². The highest BCUT2D eigenvalue weighted by Gasteiger charge is 2.84. The second-order valence-corrected chi connectivity index (χ2v) is 16.4. The number of nitrogens with zero attached hydrogens (tertiary/aromatic N) is 4. The van der Waals surface area contributed by atoms with Gasteiger partial charge in [0, 0.05) is 0 Å². The monoisotopic (exact) mass is 680 g/mol. The lowest BCUT2D eigenvalue weighted by Crippen LogP contribution is -2.48. The Balaban J connectivity index is 1.11. The number of nitriles is 1. The van der Waals surface area contributed by atoms with Gasteiger partial charge in [0.05, 0.1) is 5.69 Å². The summed E-state index contributed by atoms with van der Waals surface area (Å²) in [5.41, 5.74) is 3.35. The highest BCUT2D eigenvalue weighted by Crippen LogP contribution is 2.63. The molecular formula is C33H41N6O8P. The van der Waals surface area contributed by atoms with Crippen LogP contribution in [0.5, 0.6) is 5.75 Å². The predicted molar refractivity (Wildman–Crippen MR) is 171 cm³/mol. The van der Waals surface area contributed by atoms with Crippen LogP contribution in [0.2, 0.25) is 0 Å². The molecule has 14 nitrogen and oxygen atoms in total. The Morgan fingerprint density at radius 2 is 1.90 bits per heavy atom. The molecule has 3 saturated carbocycles. The fourth-order valence-corrected chi connectivity index (χ4v) is 9.28. The second kappa shape index (κ2) is 11.2. The van der Waals surface area contributed by atoms with E-state index in [1.807, 2.05) is 18.2 Å². The number of rotatable bonds is 9. The first-order valence-electron chi connectivity index (χ1n) is 16.3. The average molecular weight is 681 g/mol. The van der Waals surface area contributed by atoms with E-state index in [2.05, 4.69) is 35.9 Å². The molecule has 3 aliphatic carbocycles. The number of benzene rings is 1. The third kappa shape index (κ3) is 5.28. The van der Waals surface area contributed by atoms with Crippen LogP contribution in [0.4, 0.5) is 5.82 Å². The lowest BCUT2D eigenvalue weighted by Gasteiger charge is -2.44. The van der Waals surface area contributed by atoms with Crippen LogP contribution in [-0.4, -0.2) is 66.8 Å². The lowest BCUT2D eigenvalue weighted by molar-refractivity contribution is -0.162. The zero-order chi connectivity index (χ0) is 34.3. The molecule has 0 bridgehead atoms. The van der Waals surface area contributed by atoms with Crippen LogP contribution in [0.15, 0.2) is 42.7 Å². The Labute approximate surface area is 278 Å². The Kier molecular flexibility index (Phi) is 7.71. The van der Waals surface area contributed by atoms with E-state index in [1.165, 1.54) is 36.7 Å². The molecular weight excluding hydrogens is 639 g/mol. The fraction of sp³-hybridized carbons (Fsp3) is 0.576. The summed E-state index contributed by atoms with van der Waals surface area (Å²) in [5, 5.41) is 40.2. The van der Waals surface area contributed by atoms with Crippen molar-refractivity contribution in [3.05, 3.63) is 54.0 Å². The SMILES string of the molecule is CC(NP(=O)(Oc1ccc(C(C)(C)C)cc1)OC1C2OC(C#N)(c3ccc4c(N)ncnn34)C(O)C21O)C(=O)OC1CC2(CCCC2)C1. The van der Waals surface area contributed by atoms with E-state index in [0.29, 0.717) is 5.52 Å². The molecule has 7 unspecified atom stereocenters. The normalized spacial score (nSPS) is 31.1. The number of carbonyl (C=O) groups is 1. The van der Waals surface area contributed by atoms with E-state index in [9.17, 15) is 24.8 Å². The lowest BCUT2D eigenvalue weighted by atomic mass is 9.65. The first-order chi connectivity index (χ1) is 22.6. The topological polar surface area (TPSA) is 204 Å². The summed E-state index contributed by atoms with van der Waals surface area (Å²) < 4.78 is 39.3. The number of carbonyl (C=O) groups excluding carboxylic acids is 1. The molecule has 1 aliphatic heterocycles. The zero-order valence-corrected chi connectivity index (χ0v) is 28.2. The molecule has 15 heteroatoms. The van der Waals surface area contributed by atoms with E-state index < -0.39 is 49.3 Å². The Morgan fingerprint density at radius 1 is 1.21 bits per heavy atom. The van der Waals surface area contributed by atoms with Gasteiger partial charge in [-0.2, -0.15) is 15.4 Å². The van der Waals surface area contributed by atoms with Gasteiger partial charge in [0.25, 0.3) is 0 Å². The van der Waals surface area contributed by atoms with Gasteiger partial charge in [-0.1, -0.05) is 45.7 Å². The van der Waals surface area contributed by atoms with E-state index in [0.717, 1.165) is 31.2 Å². The van der Waals surface area contributed by atoms with Gasteiger partial charge in [0.2, 0.25) is 5.60 Å². The van der Waals surface area contributed by atoms with Crippen molar-refractivity contribution < 1.29 is 38.1 Å². The molecule has 0 amide bonds. The first kappa shape index (κ1) is 33.0. The largest absolute Gasteiger partial charge is 0.461 e. The van der Waals surface area contributed by atoms with Gasteiger partial charge in [-0.25, -0.2) is 14.1 Å². The minimum absolute atomic E-state index is 0.115. The number of anilines is 1.